The van der Waals surface area contributed by atoms with Gasteiger partial charge in [-0.2, -0.15) is 0 Å². The Hall–Kier alpha value is -3.45. The van der Waals surface area contributed by atoms with Crippen LogP contribution >= 0.6 is 0 Å². The topological polar surface area (TPSA) is 78.7 Å². The second-order valence-corrected chi connectivity index (χ2v) is 8.46. The average Bonchev–Trinajstić information content (AvgIpc) is 3.30. The quantitative estimate of drug-likeness (QED) is 0.599. The van der Waals surface area contributed by atoms with E-state index in [4.69, 9.17) is 4.42 Å². The Bertz CT molecular complexity index is 1080. The van der Waals surface area contributed by atoms with Crippen LogP contribution in [0.15, 0.2) is 59.1 Å². The van der Waals surface area contributed by atoms with Gasteiger partial charge in [-0.05, 0) is 25.0 Å². The van der Waals surface area contributed by atoms with Crippen molar-refractivity contribution in [1.82, 2.24) is 14.8 Å². The molecule has 2 amide bonds. The van der Waals surface area contributed by atoms with Crippen LogP contribution in [0.1, 0.15) is 23.4 Å². The highest BCUT2D eigenvalue weighted by atomic mass is 16.4. The summed E-state index contributed by atoms with van der Waals surface area (Å²) in [6.45, 7) is 6.93. The zero-order valence-electron chi connectivity index (χ0n) is 19.2. The van der Waals surface area contributed by atoms with E-state index in [0.717, 1.165) is 22.4 Å². The predicted molar refractivity (Wildman–Crippen MR) is 128 cm³/mol. The summed E-state index contributed by atoms with van der Waals surface area (Å²) < 4.78 is 5.80. The first-order valence-corrected chi connectivity index (χ1v) is 11.4. The molecule has 0 saturated carbocycles. The van der Waals surface area contributed by atoms with Gasteiger partial charge in [-0.25, -0.2) is 4.98 Å². The zero-order chi connectivity index (χ0) is 23.2. The molecule has 7 nitrogen and oxygen atoms in total. The van der Waals surface area contributed by atoms with Crippen molar-refractivity contribution in [1.29, 1.82) is 0 Å². The molecule has 0 aliphatic carbocycles. The summed E-state index contributed by atoms with van der Waals surface area (Å²) in [5.41, 5.74) is 3.97. The first kappa shape index (κ1) is 22.7. The van der Waals surface area contributed by atoms with Gasteiger partial charge in [-0.3, -0.25) is 14.5 Å². The summed E-state index contributed by atoms with van der Waals surface area (Å²) in [5, 5.41) is 3.03. The minimum Gasteiger partial charge on any atom is -0.441 e. The SMILES string of the molecule is Cc1cccc(C)c1NC(=O)CN1CCN(C(=O)CCc2ncc(-c3ccccc3)o2)CC1. The van der Waals surface area contributed by atoms with Crippen LogP contribution in [-0.4, -0.2) is 59.3 Å². The maximum Gasteiger partial charge on any atom is 0.238 e. The number of anilines is 1. The lowest BCUT2D eigenvalue weighted by Crippen LogP contribution is -2.50. The van der Waals surface area contributed by atoms with Gasteiger partial charge in [0.25, 0.3) is 0 Å². The number of benzene rings is 2. The Balaban J connectivity index is 1.21. The van der Waals surface area contributed by atoms with Crippen molar-refractivity contribution in [2.75, 3.05) is 38.0 Å². The highest BCUT2D eigenvalue weighted by Gasteiger charge is 2.23. The van der Waals surface area contributed by atoms with Crippen LogP contribution in [0.2, 0.25) is 0 Å². The van der Waals surface area contributed by atoms with E-state index >= 15 is 0 Å². The van der Waals surface area contributed by atoms with Gasteiger partial charge in [0, 0.05) is 50.3 Å². The largest absolute Gasteiger partial charge is 0.441 e. The first-order chi connectivity index (χ1) is 16.0. The summed E-state index contributed by atoms with van der Waals surface area (Å²) in [4.78, 5) is 33.4. The van der Waals surface area contributed by atoms with Gasteiger partial charge in [-0.15, -0.1) is 0 Å². The number of rotatable bonds is 7. The maximum absolute atomic E-state index is 12.7. The van der Waals surface area contributed by atoms with Gasteiger partial charge in [0.05, 0.1) is 12.7 Å². The maximum atomic E-state index is 12.7. The van der Waals surface area contributed by atoms with Crippen LogP contribution in [0.4, 0.5) is 5.69 Å². The predicted octanol–water partition coefficient (Wildman–Crippen LogP) is 3.67. The number of carbonyl (C=O) groups excluding carboxylic acids is 2. The van der Waals surface area contributed by atoms with Crippen molar-refractivity contribution in [3.63, 3.8) is 0 Å². The van der Waals surface area contributed by atoms with Crippen molar-refractivity contribution >= 4 is 17.5 Å². The Labute approximate surface area is 194 Å². The molecule has 4 rings (SSSR count). The normalized spacial score (nSPS) is 14.3. The first-order valence-electron chi connectivity index (χ1n) is 11.4. The fraction of sp³-hybridized carbons (Fsp3) is 0.346. The lowest BCUT2D eigenvalue weighted by atomic mass is 10.1. The van der Waals surface area contributed by atoms with Gasteiger partial charge in [0.1, 0.15) is 0 Å². The molecule has 1 aromatic heterocycles. The van der Waals surface area contributed by atoms with Gasteiger partial charge >= 0.3 is 0 Å². The second kappa shape index (κ2) is 10.4. The summed E-state index contributed by atoms with van der Waals surface area (Å²) in [6.07, 6.45) is 2.54. The molecular weight excluding hydrogens is 416 g/mol. The highest BCUT2D eigenvalue weighted by Crippen LogP contribution is 2.21. The van der Waals surface area contributed by atoms with Gasteiger partial charge in [-0.1, -0.05) is 48.5 Å². The van der Waals surface area contributed by atoms with Crippen LogP contribution in [0.3, 0.4) is 0 Å². The number of aromatic nitrogens is 1. The lowest BCUT2D eigenvalue weighted by molar-refractivity contribution is -0.133. The van der Waals surface area contributed by atoms with E-state index in [-0.39, 0.29) is 11.8 Å². The van der Waals surface area contributed by atoms with Crippen LogP contribution < -0.4 is 5.32 Å². The molecule has 3 aromatic rings. The van der Waals surface area contributed by atoms with Crippen LogP contribution in [0, 0.1) is 13.8 Å². The van der Waals surface area contributed by atoms with E-state index in [9.17, 15) is 9.59 Å². The van der Waals surface area contributed by atoms with E-state index in [0.29, 0.717) is 57.2 Å². The Kier molecular flexibility index (Phi) is 7.19. The number of oxazole rings is 1. The highest BCUT2D eigenvalue weighted by molar-refractivity contribution is 5.93. The number of aryl methyl sites for hydroxylation is 3. The van der Waals surface area contributed by atoms with Gasteiger partial charge in [0.15, 0.2) is 11.7 Å². The molecule has 7 heteroatoms. The smallest absolute Gasteiger partial charge is 0.238 e. The number of amides is 2. The molecule has 0 atom stereocenters. The Morgan fingerprint density at radius 3 is 2.36 bits per heavy atom. The van der Waals surface area contributed by atoms with Crippen molar-refractivity contribution in [2.45, 2.75) is 26.7 Å². The van der Waals surface area contributed by atoms with Crippen LogP contribution in [-0.2, 0) is 16.0 Å². The van der Waals surface area contributed by atoms with Crippen molar-refractivity contribution in [3.8, 4) is 11.3 Å². The zero-order valence-corrected chi connectivity index (χ0v) is 19.2. The summed E-state index contributed by atoms with van der Waals surface area (Å²) in [5.74, 6) is 1.36. The van der Waals surface area contributed by atoms with Crippen molar-refractivity contribution < 1.29 is 14.0 Å². The van der Waals surface area contributed by atoms with E-state index in [2.05, 4.69) is 15.2 Å². The number of nitrogens with one attached hydrogen (secondary N) is 1. The average molecular weight is 447 g/mol. The molecule has 1 fully saturated rings. The number of hydrogen-bond donors (Lipinski definition) is 1. The molecule has 0 radical (unpaired) electrons. The molecule has 0 unspecified atom stereocenters. The third-order valence-corrected chi connectivity index (χ3v) is 6.00. The van der Waals surface area contributed by atoms with Crippen LogP contribution in [0.5, 0.6) is 0 Å². The van der Waals surface area contributed by atoms with E-state index in [1.807, 2.05) is 67.3 Å². The molecule has 1 aliphatic rings. The molecule has 33 heavy (non-hydrogen) atoms. The minimum absolute atomic E-state index is 0.0229. The van der Waals surface area contributed by atoms with E-state index in [1.54, 1.807) is 6.20 Å². The Morgan fingerprint density at radius 1 is 0.970 bits per heavy atom. The van der Waals surface area contributed by atoms with E-state index < -0.39 is 0 Å². The van der Waals surface area contributed by atoms with Crippen molar-refractivity contribution in [3.05, 3.63) is 71.7 Å². The lowest BCUT2D eigenvalue weighted by Gasteiger charge is -2.34. The summed E-state index contributed by atoms with van der Waals surface area (Å²) in [6, 6.07) is 15.8. The van der Waals surface area contributed by atoms with E-state index in [1.165, 1.54) is 0 Å². The molecule has 0 spiro atoms. The molecule has 1 aliphatic heterocycles. The number of nitrogens with zero attached hydrogens (tertiary/aromatic N) is 3. The standard InChI is InChI=1S/C26H30N4O3/c1-19-7-6-8-20(2)26(19)28-23(31)18-29-13-15-30(16-14-29)25(32)12-11-24-27-17-22(33-24)21-9-4-3-5-10-21/h3-10,17H,11-16,18H2,1-2H3,(H,28,31). The molecular formula is C26H30N4O3. The molecule has 0 bridgehead atoms. The molecule has 1 N–H and O–H groups in total. The van der Waals surface area contributed by atoms with Gasteiger partial charge in [0.2, 0.25) is 11.8 Å². The fourth-order valence-electron chi connectivity index (χ4n) is 4.08. The second-order valence-electron chi connectivity index (χ2n) is 8.46. The number of piperazine rings is 1. The summed E-state index contributed by atoms with van der Waals surface area (Å²) >= 11 is 0. The van der Waals surface area contributed by atoms with Crippen LogP contribution in [0.25, 0.3) is 11.3 Å². The van der Waals surface area contributed by atoms with Gasteiger partial charge < -0.3 is 14.6 Å². The monoisotopic (exact) mass is 446 g/mol. The summed E-state index contributed by atoms with van der Waals surface area (Å²) in [7, 11) is 0. The van der Waals surface area contributed by atoms with Crippen molar-refractivity contribution in [2.24, 2.45) is 0 Å². The number of carbonyl (C=O) groups is 2. The minimum atomic E-state index is -0.0229. The number of hydrogen-bond acceptors (Lipinski definition) is 5. The third kappa shape index (κ3) is 5.87. The third-order valence-electron chi connectivity index (χ3n) is 6.00. The molecule has 172 valence electrons. The Morgan fingerprint density at radius 2 is 1.67 bits per heavy atom. The molecule has 2 heterocycles. The molecule has 2 aromatic carbocycles. The molecule has 1 saturated heterocycles. The number of para-hydroxylation sites is 1. The fourth-order valence-corrected chi connectivity index (χ4v) is 4.08.